The van der Waals surface area contributed by atoms with Crippen molar-refractivity contribution in [1.82, 2.24) is 19.6 Å². The van der Waals surface area contributed by atoms with Crippen molar-refractivity contribution in [3.8, 4) is 0 Å². The fourth-order valence-corrected chi connectivity index (χ4v) is 4.16. The average Bonchev–Trinajstić information content (AvgIpc) is 2.97. The van der Waals surface area contributed by atoms with E-state index in [-0.39, 0.29) is 10.9 Å². The second-order valence-electron chi connectivity index (χ2n) is 4.96. The van der Waals surface area contributed by atoms with Gasteiger partial charge in [0.25, 0.3) is 0 Å². The molecule has 2 rings (SSSR count). The molecule has 0 saturated heterocycles. The third-order valence-corrected chi connectivity index (χ3v) is 5.70. The summed E-state index contributed by atoms with van der Waals surface area (Å²) >= 11 is 1.49. The van der Waals surface area contributed by atoms with Gasteiger partial charge in [-0.05, 0) is 27.0 Å². The number of hydrogen-bond donors (Lipinski definition) is 2. The highest BCUT2D eigenvalue weighted by molar-refractivity contribution is 7.89. The number of aromatic nitrogens is 2. The van der Waals surface area contributed by atoms with Crippen LogP contribution in [0, 0.1) is 6.92 Å². The normalized spacial score (nSPS) is 13.5. The summed E-state index contributed by atoms with van der Waals surface area (Å²) in [5.74, 6) is 0. The lowest BCUT2D eigenvalue weighted by atomic mass is 10.4. The molecule has 2 aromatic heterocycles. The van der Waals surface area contributed by atoms with Crippen molar-refractivity contribution in [3.05, 3.63) is 34.0 Å². The molecule has 1 unspecified atom stereocenters. The van der Waals surface area contributed by atoms with Crippen LogP contribution in [0.4, 0.5) is 0 Å². The van der Waals surface area contributed by atoms with Gasteiger partial charge >= 0.3 is 0 Å². The lowest BCUT2D eigenvalue weighted by Crippen LogP contribution is -2.26. The first-order chi connectivity index (χ1) is 9.83. The minimum atomic E-state index is -3.55. The Balaban J connectivity index is 2.20. The number of nitrogens with one attached hydrogen (secondary N) is 2. The van der Waals surface area contributed by atoms with Gasteiger partial charge in [-0.15, -0.1) is 11.3 Å². The van der Waals surface area contributed by atoms with Crippen molar-refractivity contribution < 1.29 is 8.42 Å². The highest BCUT2D eigenvalue weighted by Gasteiger charge is 2.22. The first-order valence-corrected chi connectivity index (χ1v) is 8.88. The molecule has 0 radical (unpaired) electrons. The number of aryl methyl sites for hydroxylation is 2. The largest absolute Gasteiger partial charge is 0.352 e. The number of rotatable bonds is 6. The third-order valence-electron chi connectivity index (χ3n) is 3.09. The fourth-order valence-electron chi connectivity index (χ4n) is 2.00. The summed E-state index contributed by atoms with van der Waals surface area (Å²) in [6.07, 6.45) is 3.37. The van der Waals surface area contributed by atoms with Gasteiger partial charge in [-0.2, -0.15) is 0 Å². The Morgan fingerprint density at radius 1 is 1.48 bits per heavy atom. The topological polar surface area (TPSA) is 76.0 Å². The van der Waals surface area contributed by atoms with Crippen LogP contribution in [0.3, 0.4) is 0 Å². The number of nitrogens with zero attached hydrogens (tertiary/aromatic N) is 2. The molecule has 2 heterocycles. The van der Waals surface area contributed by atoms with Crippen molar-refractivity contribution in [2.75, 3.05) is 7.05 Å². The maximum absolute atomic E-state index is 12.4. The quantitative estimate of drug-likeness (QED) is 0.843. The Kier molecular flexibility index (Phi) is 4.82. The van der Waals surface area contributed by atoms with Gasteiger partial charge in [-0.1, -0.05) is 0 Å². The minimum absolute atomic E-state index is 0.273. The van der Waals surface area contributed by atoms with Gasteiger partial charge in [-0.3, -0.25) is 0 Å². The van der Waals surface area contributed by atoms with Crippen LogP contribution < -0.4 is 10.0 Å². The van der Waals surface area contributed by atoms with Crippen LogP contribution >= 0.6 is 11.3 Å². The van der Waals surface area contributed by atoms with Gasteiger partial charge in [0, 0.05) is 36.6 Å². The summed E-state index contributed by atoms with van der Waals surface area (Å²) in [5.41, 5.74) is 0.913. The van der Waals surface area contributed by atoms with E-state index in [1.54, 1.807) is 25.4 Å². The van der Waals surface area contributed by atoms with E-state index in [9.17, 15) is 8.42 Å². The maximum atomic E-state index is 12.4. The molecule has 0 aromatic carbocycles. The van der Waals surface area contributed by atoms with Crippen LogP contribution in [0.1, 0.15) is 28.5 Å². The van der Waals surface area contributed by atoms with Crippen LogP contribution in [-0.4, -0.2) is 25.0 Å². The maximum Gasteiger partial charge on any atom is 0.242 e. The number of hydrogen-bond acceptors (Lipinski definition) is 5. The molecule has 1 atom stereocenters. The van der Waals surface area contributed by atoms with Gasteiger partial charge in [-0.25, -0.2) is 18.1 Å². The summed E-state index contributed by atoms with van der Waals surface area (Å²) in [4.78, 5) is 5.56. The Labute approximate surface area is 129 Å². The average molecular weight is 328 g/mol. The standard InChI is InChI=1S/C13H20N4O2S2/c1-9-6-15-13(20-9)10(2)16-21(18,19)12-5-11(7-14-3)17(4)8-12/h5-6,8,10,14,16H,7H2,1-4H3. The van der Waals surface area contributed by atoms with Crippen molar-refractivity contribution in [2.24, 2.45) is 7.05 Å². The van der Waals surface area contributed by atoms with Gasteiger partial charge in [0.2, 0.25) is 10.0 Å². The molecule has 6 nitrogen and oxygen atoms in total. The fraction of sp³-hybridized carbons (Fsp3) is 0.462. The first kappa shape index (κ1) is 16.2. The predicted molar refractivity (Wildman–Crippen MR) is 83.8 cm³/mol. The van der Waals surface area contributed by atoms with E-state index in [0.29, 0.717) is 6.54 Å². The Morgan fingerprint density at radius 3 is 2.76 bits per heavy atom. The molecule has 8 heteroatoms. The molecular formula is C13H20N4O2S2. The molecule has 2 aromatic rings. The van der Waals surface area contributed by atoms with E-state index < -0.39 is 10.0 Å². The van der Waals surface area contributed by atoms with Gasteiger partial charge < -0.3 is 9.88 Å². The number of sulfonamides is 1. The SMILES string of the molecule is CNCc1cc(S(=O)(=O)NC(C)c2ncc(C)s2)cn1C. The third kappa shape index (κ3) is 3.70. The van der Waals surface area contributed by atoms with E-state index in [0.717, 1.165) is 15.6 Å². The summed E-state index contributed by atoms with van der Waals surface area (Å²) in [6.45, 7) is 4.37. The van der Waals surface area contributed by atoms with Crippen LogP contribution in [-0.2, 0) is 23.6 Å². The second-order valence-corrected chi connectivity index (χ2v) is 7.94. The second kappa shape index (κ2) is 6.27. The monoisotopic (exact) mass is 328 g/mol. The van der Waals surface area contributed by atoms with E-state index in [1.807, 2.05) is 25.6 Å². The summed E-state index contributed by atoms with van der Waals surface area (Å²) in [7, 11) is 0.108. The minimum Gasteiger partial charge on any atom is -0.352 e. The lowest BCUT2D eigenvalue weighted by Gasteiger charge is -2.10. The molecule has 0 saturated carbocycles. The van der Waals surface area contributed by atoms with Crippen LogP contribution in [0.2, 0.25) is 0 Å². The lowest BCUT2D eigenvalue weighted by molar-refractivity contribution is 0.566. The van der Waals surface area contributed by atoms with E-state index in [2.05, 4.69) is 15.0 Å². The Hall–Kier alpha value is -1.22. The zero-order valence-electron chi connectivity index (χ0n) is 12.5. The molecular weight excluding hydrogens is 308 g/mol. The predicted octanol–water partition coefficient (Wildman–Crippen LogP) is 1.55. The molecule has 21 heavy (non-hydrogen) atoms. The highest BCUT2D eigenvalue weighted by Crippen LogP contribution is 2.22. The summed E-state index contributed by atoms with van der Waals surface area (Å²) < 4.78 is 29.3. The molecule has 2 N–H and O–H groups in total. The summed E-state index contributed by atoms with van der Waals surface area (Å²) in [6, 6.07) is 1.33. The van der Waals surface area contributed by atoms with Crippen molar-refractivity contribution >= 4 is 21.4 Å². The smallest absolute Gasteiger partial charge is 0.242 e. The molecule has 0 fully saturated rings. The molecule has 0 bridgehead atoms. The Morgan fingerprint density at radius 2 is 2.19 bits per heavy atom. The highest BCUT2D eigenvalue weighted by atomic mass is 32.2. The molecule has 0 aliphatic heterocycles. The van der Waals surface area contributed by atoms with Crippen molar-refractivity contribution in [2.45, 2.75) is 31.3 Å². The molecule has 0 aliphatic rings. The zero-order valence-corrected chi connectivity index (χ0v) is 14.2. The molecule has 0 amide bonds. The molecule has 0 spiro atoms. The van der Waals surface area contributed by atoms with E-state index in [1.165, 1.54) is 11.3 Å². The molecule has 116 valence electrons. The van der Waals surface area contributed by atoms with Gasteiger partial charge in [0.1, 0.15) is 5.01 Å². The van der Waals surface area contributed by atoms with Gasteiger partial charge in [0.15, 0.2) is 0 Å². The van der Waals surface area contributed by atoms with Gasteiger partial charge in [0.05, 0.1) is 10.9 Å². The molecule has 0 aliphatic carbocycles. The van der Waals surface area contributed by atoms with Crippen molar-refractivity contribution in [3.63, 3.8) is 0 Å². The first-order valence-electron chi connectivity index (χ1n) is 6.58. The van der Waals surface area contributed by atoms with Crippen LogP contribution in [0.15, 0.2) is 23.4 Å². The van der Waals surface area contributed by atoms with Crippen LogP contribution in [0.5, 0.6) is 0 Å². The van der Waals surface area contributed by atoms with E-state index >= 15 is 0 Å². The number of thiazole rings is 1. The Bertz CT molecular complexity index is 718. The van der Waals surface area contributed by atoms with Crippen molar-refractivity contribution in [1.29, 1.82) is 0 Å². The summed E-state index contributed by atoms with van der Waals surface area (Å²) in [5, 5.41) is 3.78. The zero-order chi connectivity index (χ0) is 15.6. The van der Waals surface area contributed by atoms with Crippen LogP contribution in [0.25, 0.3) is 0 Å². The van der Waals surface area contributed by atoms with E-state index in [4.69, 9.17) is 0 Å².